The van der Waals surface area contributed by atoms with Gasteiger partial charge in [0, 0.05) is 23.8 Å². The smallest absolute Gasteiger partial charge is 0.0669 e. The largest absolute Gasteiger partial charge is 0.365 e. The van der Waals surface area contributed by atoms with Gasteiger partial charge >= 0.3 is 0 Å². The van der Waals surface area contributed by atoms with E-state index >= 15 is 0 Å². The Bertz CT molecular complexity index is 488. The Hall–Kier alpha value is -1.53. The van der Waals surface area contributed by atoms with Crippen LogP contribution in [0.1, 0.15) is 44.6 Å². The van der Waals surface area contributed by atoms with Crippen LogP contribution in [0.25, 0.3) is 0 Å². The van der Waals surface area contributed by atoms with Gasteiger partial charge in [0.1, 0.15) is 0 Å². The minimum Gasteiger partial charge on any atom is -0.365 e. The number of piperidine rings is 2. The maximum atomic E-state index is 8.78. The quantitative estimate of drug-likeness (QED) is 0.922. The van der Waals surface area contributed by atoms with Gasteiger partial charge in [-0.1, -0.05) is 19.1 Å². The molecule has 3 heteroatoms. The number of hydrogen-bond donors (Lipinski definition) is 1. The van der Waals surface area contributed by atoms with Gasteiger partial charge in [-0.15, -0.1) is 0 Å². The predicted molar refractivity (Wildman–Crippen MR) is 86.4 cm³/mol. The van der Waals surface area contributed by atoms with Gasteiger partial charge in [-0.05, 0) is 56.3 Å². The van der Waals surface area contributed by atoms with E-state index in [1.807, 2.05) is 0 Å². The Morgan fingerprint density at radius 1 is 1.19 bits per heavy atom. The van der Waals surface area contributed by atoms with Crippen LogP contribution < -0.4 is 10.2 Å². The zero-order valence-electron chi connectivity index (χ0n) is 12.9. The van der Waals surface area contributed by atoms with E-state index in [0.29, 0.717) is 24.5 Å². The lowest BCUT2D eigenvalue weighted by Gasteiger charge is -2.50. The first-order valence-corrected chi connectivity index (χ1v) is 8.29. The van der Waals surface area contributed by atoms with Crippen LogP contribution in [0, 0.1) is 11.3 Å². The molecule has 21 heavy (non-hydrogen) atoms. The molecule has 0 amide bonds. The van der Waals surface area contributed by atoms with Crippen LogP contribution in [0.4, 0.5) is 5.69 Å². The first-order valence-electron chi connectivity index (χ1n) is 8.29. The molecule has 1 aromatic carbocycles. The fourth-order valence-electron chi connectivity index (χ4n) is 4.14. The van der Waals surface area contributed by atoms with Gasteiger partial charge in [0.2, 0.25) is 0 Å². The lowest BCUT2D eigenvalue weighted by atomic mass is 9.81. The molecule has 2 heterocycles. The molecule has 2 saturated heterocycles. The van der Waals surface area contributed by atoms with Gasteiger partial charge in [0.25, 0.3) is 0 Å². The highest BCUT2D eigenvalue weighted by Crippen LogP contribution is 2.37. The minimum absolute atomic E-state index is 0.510. The van der Waals surface area contributed by atoms with Crippen LogP contribution in [0.2, 0.25) is 0 Å². The van der Waals surface area contributed by atoms with Crippen LogP contribution in [0.3, 0.4) is 0 Å². The standard InChI is InChI=1S/C18H25N3/c1-2-20-15-12-17-4-3-5-18(13-15)21(17)16-8-6-14(7-9-16)10-11-19/h6-9,15,17-18,20H,2-5,10,12-13H2,1H3. The van der Waals surface area contributed by atoms with Crippen molar-refractivity contribution in [2.75, 3.05) is 11.4 Å². The van der Waals surface area contributed by atoms with E-state index in [2.05, 4.69) is 47.5 Å². The molecule has 0 spiro atoms. The number of nitriles is 1. The van der Waals surface area contributed by atoms with Crippen molar-refractivity contribution in [3.63, 3.8) is 0 Å². The summed E-state index contributed by atoms with van der Waals surface area (Å²) in [6, 6.07) is 12.9. The van der Waals surface area contributed by atoms with E-state index in [-0.39, 0.29) is 0 Å². The van der Waals surface area contributed by atoms with Crippen molar-refractivity contribution in [1.82, 2.24) is 5.32 Å². The summed E-state index contributed by atoms with van der Waals surface area (Å²) in [5.74, 6) is 0. The molecule has 0 saturated carbocycles. The molecule has 2 fully saturated rings. The van der Waals surface area contributed by atoms with Crippen molar-refractivity contribution in [2.24, 2.45) is 0 Å². The van der Waals surface area contributed by atoms with Crippen molar-refractivity contribution in [3.05, 3.63) is 29.8 Å². The van der Waals surface area contributed by atoms with E-state index in [9.17, 15) is 0 Å². The third-order valence-electron chi connectivity index (χ3n) is 4.99. The number of rotatable bonds is 4. The van der Waals surface area contributed by atoms with Crippen LogP contribution in [-0.2, 0) is 6.42 Å². The zero-order valence-corrected chi connectivity index (χ0v) is 12.9. The molecular formula is C18H25N3. The second kappa shape index (κ2) is 6.49. The zero-order chi connectivity index (χ0) is 14.7. The Morgan fingerprint density at radius 3 is 2.43 bits per heavy atom. The molecule has 0 aliphatic carbocycles. The van der Waals surface area contributed by atoms with Crippen LogP contribution >= 0.6 is 0 Å². The first-order chi connectivity index (χ1) is 10.3. The summed E-state index contributed by atoms with van der Waals surface area (Å²) < 4.78 is 0. The molecule has 1 aromatic rings. The molecule has 2 aliphatic heterocycles. The van der Waals surface area contributed by atoms with Crippen LogP contribution in [0.15, 0.2) is 24.3 Å². The summed E-state index contributed by atoms with van der Waals surface area (Å²) in [6.07, 6.45) is 7.05. The molecule has 2 unspecified atom stereocenters. The third kappa shape index (κ3) is 3.06. The normalized spacial score (nSPS) is 28.2. The molecule has 1 N–H and O–H groups in total. The molecule has 3 nitrogen and oxygen atoms in total. The van der Waals surface area contributed by atoms with E-state index in [4.69, 9.17) is 5.26 Å². The van der Waals surface area contributed by atoms with Crippen molar-refractivity contribution in [1.29, 1.82) is 5.26 Å². The highest BCUT2D eigenvalue weighted by Gasteiger charge is 2.37. The minimum atomic E-state index is 0.510. The summed E-state index contributed by atoms with van der Waals surface area (Å²) in [6.45, 7) is 3.28. The van der Waals surface area contributed by atoms with Gasteiger partial charge in [-0.2, -0.15) is 5.26 Å². The maximum Gasteiger partial charge on any atom is 0.0669 e. The van der Waals surface area contributed by atoms with Gasteiger partial charge in [0.05, 0.1) is 12.5 Å². The fourth-order valence-corrected chi connectivity index (χ4v) is 4.14. The molecule has 2 aliphatic rings. The monoisotopic (exact) mass is 283 g/mol. The number of fused-ring (bicyclic) bond motifs is 2. The van der Waals surface area contributed by atoms with Crippen LogP contribution in [0.5, 0.6) is 0 Å². The second-order valence-electron chi connectivity index (χ2n) is 6.37. The van der Waals surface area contributed by atoms with Gasteiger partial charge in [0.15, 0.2) is 0 Å². The number of hydrogen-bond acceptors (Lipinski definition) is 3. The average Bonchev–Trinajstić information content (AvgIpc) is 2.48. The summed E-state index contributed by atoms with van der Waals surface area (Å²) in [7, 11) is 0. The number of nitrogens with zero attached hydrogens (tertiary/aromatic N) is 2. The maximum absolute atomic E-state index is 8.78. The van der Waals surface area contributed by atoms with Gasteiger partial charge in [-0.3, -0.25) is 0 Å². The molecule has 112 valence electrons. The second-order valence-corrected chi connectivity index (χ2v) is 6.37. The van der Waals surface area contributed by atoms with E-state index in [0.717, 1.165) is 12.1 Å². The SMILES string of the molecule is CCNC1CC2CCCC(C1)N2c1ccc(CC#N)cc1. The highest BCUT2D eigenvalue weighted by molar-refractivity contribution is 5.51. The first kappa shape index (κ1) is 14.4. The van der Waals surface area contributed by atoms with Crippen molar-refractivity contribution < 1.29 is 0 Å². The molecular weight excluding hydrogens is 258 g/mol. The summed E-state index contributed by atoms with van der Waals surface area (Å²) >= 11 is 0. The van der Waals surface area contributed by atoms with Crippen molar-refractivity contribution in [3.8, 4) is 6.07 Å². The predicted octanol–water partition coefficient (Wildman–Crippen LogP) is 3.25. The average molecular weight is 283 g/mol. The van der Waals surface area contributed by atoms with Crippen molar-refractivity contribution in [2.45, 2.75) is 63.6 Å². The Labute approximate surface area is 128 Å². The molecule has 3 rings (SSSR count). The summed E-state index contributed by atoms with van der Waals surface area (Å²) in [5.41, 5.74) is 2.47. The van der Waals surface area contributed by atoms with Crippen molar-refractivity contribution >= 4 is 5.69 Å². The molecule has 0 radical (unpaired) electrons. The summed E-state index contributed by atoms with van der Waals surface area (Å²) in [4.78, 5) is 2.66. The number of anilines is 1. The fraction of sp³-hybridized carbons (Fsp3) is 0.611. The van der Waals surface area contributed by atoms with Gasteiger partial charge in [-0.25, -0.2) is 0 Å². The third-order valence-corrected chi connectivity index (χ3v) is 4.99. The lowest BCUT2D eigenvalue weighted by molar-refractivity contribution is 0.247. The van der Waals surface area contributed by atoms with Gasteiger partial charge < -0.3 is 10.2 Å². The molecule has 2 atom stereocenters. The highest BCUT2D eigenvalue weighted by atomic mass is 15.2. The molecule has 0 aromatic heterocycles. The van der Waals surface area contributed by atoms with E-state index in [1.54, 1.807) is 0 Å². The number of nitrogens with one attached hydrogen (secondary N) is 1. The summed E-state index contributed by atoms with van der Waals surface area (Å²) in [5, 5.41) is 12.4. The Kier molecular flexibility index (Phi) is 4.45. The van der Waals surface area contributed by atoms with E-state index in [1.165, 1.54) is 37.8 Å². The topological polar surface area (TPSA) is 39.1 Å². The Morgan fingerprint density at radius 2 is 1.86 bits per heavy atom. The van der Waals surface area contributed by atoms with Crippen LogP contribution in [-0.4, -0.2) is 24.7 Å². The molecule has 2 bridgehead atoms. The van der Waals surface area contributed by atoms with E-state index < -0.39 is 0 Å². The Balaban J connectivity index is 1.77. The number of benzene rings is 1. The lowest BCUT2D eigenvalue weighted by Crippen LogP contribution is -2.56.